The summed E-state index contributed by atoms with van der Waals surface area (Å²) in [5.74, 6) is 1.70. The van der Waals surface area contributed by atoms with E-state index in [0.29, 0.717) is 42.8 Å². The lowest BCUT2D eigenvalue weighted by Gasteiger charge is -2.50. The first-order chi connectivity index (χ1) is 14.8. The van der Waals surface area contributed by atoms with Gasteiger partial charge in [-0.15, -0.1) is 0 Å². The van der Waals surface area contributed by atoms with Gasteiger partial charge < -0.3 is 11.1 Å². The zero-order valence-electron chi connectivity index (χ0n) is 17.9. The minimum atomic E-state index is -0.270. The SMILES string of the molecule is CC12CCC3c4ccc(Cl)cc4CCC3C1C(CCC(=O)N=C(N)/C=C\C=N)CC2=O. The maximum atomic E-state index is 13.1. The normalized spacial score (nSPS) is 32.5. The van der Waals surface area contributed by atoms with Crippen LogP contribution in [0.4, 0.5) is 0 Å². The van der Waals surface area contributed by atoms with E-state index in [1.807, 2.05) is 6.07 Å². The summed E-state index contributed by atoms with van der Waals surface area (Å²) in [6, 6.07) is 6.28. The highest BCUT2D eigenvalue weighted by atomic mass is 35.5. The average molecular weight is 440 g/mol. The van der Waals surface area contributed by atoms with E-state index in [0.717, 1.165) is 36.9 Å². The number of rotatable bonds is 5. The zero-order valence-corrected chi connectivity index (χ0v) is 18.7. The number of amides is 1. The van der Waals surface area contributed by atoms with Gasteiger partial charge >= 0.3 is 0 Å². The van der Waals surface area contributed by atoms with Gasteiger partial charge in [0.15, 0.2) is 0 Å². The molecule has 0 heterocycles. The number of allylic oxidation sites excluding steroid dienone is 1. The lowest BCUT2D eigenvalue weighted by Crippen LogP contribution is -2.44. The number of Topliss-reactive ketones (excluding diaryl/α,β-unsaturated/α-hetero) is 1. The Hall–Kier alpha value is -2.27. The molecule has 1 aromatic rings. The smallest absolute Gasteiger partial charge is 0.247 e. The maximum Gasteiger partial charge on any atom is 0.247 e. The number of nitrogens with two attached hydrogens (primary N) is 1. The maximum absolute atomic E-state index is 13.1. The van der Waals surface area contributed by atoms with Crippen LogP contribution in [0.15, 0.2) is 35.3 Å². The number of ketones is 1. The molecule has 0 aromatic heterocycles. The van der Waals surface area contributed by atoms with E-state index in [9.17, 15) is 9.59 Å². The Morgan fingerprint density at radius 1 is 1.39 bits per heavy atom. The number of aryl methyl sites for hydroxylation is 1. The van der Waals surface area contributed by atoms with E-state index in [1.165, 1.54) is 23.3 Å². The molecule has 5 nitrogen and oxygen atoms in total. The molecule has 1 aromatic carbocycles. The summed E-state index contributed by atoms with van der Waals surface area (Å²) in [6.07, 6.45) is 9.56. The summed E-state index contributed by atoms with van der Waals surface area (Å²) >= 11 is 6.23. The van der Waals surface area contributed by atoms with Crippen LogP contribution in [-0.4, -0.2) is 23.7 Å². The second-order valence-electron chi connectivity index (χ2n) is 9.52. The Bertz CT molecular complexity index is 970. The highest BCUT2D eigenvalue weighted by Gasteiger charge is 2.58. The Morgan fingerprint density at radius 2 is 2.19 bits per heavy atom. The molecular formula is C25H30ClN3O2. The largest absolute Gasteiger partial charge is 0.384 e. The Kier molecular flexibility index (Phi) is 6.16. The summed E-state index contributed by atoms with van der Waals surface area (Å²) in [5.41, 5.74) is 8.21. The van der Waals surface area contributed by atoms with Gasteiger partial charge in [-0.2, -0.15) is 4.99 Å². The monoisotopic (exact) mass is 439 g/mol. The first kappa shape index (κ1) is 21.9. The number of aliphatic imine (C=N–C) groups is 1. The number of hydrogen-bond acceptors (Lipinski definition) is 3. The van der Waals surface area contributed by atoms with Crippen molar-refractivity contribution in [2.75, 3.05) is 0 Å². The number of nitrogens with zero attached hydrogens (tertiary/aromatic N) is 1. The summed E-state index contributed by atoms with van der Waals surface area (Å²) in [7, 11) is 0. The molecule has 3 aliphatic carbocycles. The number of benzene rings is 1. The highest BCUT2D eigenvalue weighted by Crippen LogP contribution is 2.62. The molecule has 3 aliphatic rings. The molecule has 1 amide bonds. The van der Waals surface area contributed by atoms with Crippen LogP contribution in [0.25, 0.3) is 0 Å². The molecule has 2 saturated carbocycles. The van der Waals surface area contributed by atoms with Crippen LogP contribution in [0.3, 0.4) is 0 Å². The Morgan fingerprint density at radius 3 is 2.97 bits per heavy atom. The van der Waals surface area contributed by atoms with Crippen LogP contribution in [0.1, 0.15) is 62.5 Å². The van der Waals surface area contributed by atoms with Crippen molar-refractivity contribution >= 4 is 35.3 Å². The third-order valence-electron chi connectivity index (χ3n) is 7.88. The number of hydrogen-bond donors (Lipinski definition) is 2. The average Bonchev–Trinajstić information content (AvgIpc) is 3.00. The Labute approximate surface area is 188 Å². The molecule has 2 fully saturated rings. The van der Waals surface area contributed by atoms with Crippen molar-refractivity contribution in [3.63, 3.8) is 0 Å². The number of halogens is 1. The minimum absolute atomic E-state index is 0.112. The molecule has 5 unspecified atom stereocenters. The lowest BCUT2D eigenvalue weighted by molar-refractivity contribution is -0.129. The molecule has 164 valence electrons. The van der Waals surface area contributed by atoms with Gasteiger partial charge in [0.25, 0.3) is 0 Å². The fourth-order valence-corrected chi connectivity index (χ4v) is 6.76. The Balaban J connectivity index is 1.53. The third kappa shape index (κ3) is 4.12. The van der Waals surface area contributed by atoms with E-state index in [1.54, 1.807) is 0 Å². The first-order valence-electron chi connectivity index (χ1n) is 11.2. The molecule has 0 saturated heterocycles. The first-order valence-corrected chi connectivity index (χ1v) is 11.6. The van der Waals surface area contributed by atoms with Gasteiger partial charge in [0.1, 0.15) is 11.6 Å². The van der Waals surface area contributed by atoms with Gasteiger partial charge in [0.05, 0.1) is 0 Å². The number of amidine groups is 1. The molecule has 6 heteroatoms. The zero-order chi connectivity index (χ0) is 22.2. The molecule has 0 aliphatic heterocycles. The molecule has 4 rings (SSSR count). The lowest BCUT2D eigenvalue weighted by atomic mass is 9.54. The predicted octanol–water partition coefficient (Wildman–Crippen LogP) is 4.86. The summed E-state index contributed by atoms with van der Waals surface area (Å²) in [5, 5.41) is 7.77. The van der Waals surface area contributed by atoms with Crippen molar-refractivity contribution in [3.8, 4) is 0 Å². The van der Waals surface area contributed by atoms with Gasteiger partial charge in [-0.25, -0.2) is 0 Å². The van der Waals surface area contributed by atoms with E-state index < -0.39 is 0 Å². The molecule has 31 heavy (non-hydrogen) atoms. The van der Waals surface area contributed by atoms with Crippen LogP contribution >= 0.6 is 11.6 Å². The standard InChI is InChI=1S/C25H30ClN3O2/c1-25-11-10-19-18-8-6-17(26)13-15(18)4-7-20(19)24(25)16(14-21(25)30)5-9-23(31)29-22(28)3-2-12-27/h2-3,6,8,12-13,16,19-20,24,27H,4-5,7,9-11,14H2,1H3,(H2,28,29,31)/b3-2-,27-12?. The van der Waals surface area contributed by atoms with Crippen LogP contribution in [0.2, 0.25) is 5.02 Å². The second-order valence-corrected chi connectivity index (χ2v) is 9.95. The topological polar surface area (TPSA) is 96.4 Å². The van der Waals surface area contributed by atoms with Gasteiger partial charge in [0, 0.05) is 29.5 Å². The summed E-state index contributed by atoms with van der Waals surface area (Å²) in [4.78, 5) is 29.3. The molecular weight excluding hydrogens is 410 g/mol. The van der Waals surface area contributed by atoms with Crippen molar-refractivity contribution in [3.05, 3.63) is 46.5 Å². The van der Waals surface area contributed by atoms with Crippen LogP contribution in [0, 0.1) is 28.6 Å². The highest BCUT2D eigenvalue weighted by molar-refractivity contribution is 6.30. The van der Waals surface area contributed by atoms with Crippen molar-refractivity contribution < 1.29 is 9.59 Å². The van der Waals surface area contributed by atoms with Crippen LogP contribution < -0.4 is 5.73 Å². The number of carbonyl (C=O) groups is 2. The van der Waals surface area contributed by atoms with E-state index in [4.69, 9.17) is 22.7 Å². The van der Waals surface area contributed by atoms with Crippen molar-refractivity contribution in [1.29, 1.82) is 5.41 Å². The molecule has 0 radical (unpaired) electrons. The molecule has 3 N–H and O–H groups in total. The number of nitrogens with one attached hydrogen (secondary N) is 1. The predicted molar refractivity (Wildman–Crippen MR) is 124 cm³/mol. The van der Waals surface area contributed by atoms with E-state index >= 15 is 0 Å². The fourth-order valence-electron chi connectivity index (χ4n) is 6.57. The van der Waals surface area contributed by atoms with Crippen molar-refractivity contribution in [1.82, 2.24) is 0 Å². The summed E-state index contributed by atoms with van der Waals surface area (Å²) < 4.78 is 0. The third-order valence-corrected chi connectivity index (χ3v) is 8.11. The van der Waals surface area contributed by atoms with Gasteiger partial charge in [-0.1, -0.05) is 24.6 Å². The van der Waals surface area contributed by atoms with Gasteiger partial charge in [0.2, 0.25) is 5.91 Å². The van der Waals surface area contributed by atoms with Crippen molar-refractivity contribution in [2.45, 2.75) is 57.8 Å². The number of carbonyl (C=O) groups excluding carboxylic acids is 2. The van der Waals surface area contributed by atoms with E-state index in [-0.39, 0.29) is 23.1 Å². The summed E-state index contributed by atoms with van der Waals surface area (Å²) in [6.45, 7) is 2.16. The second kappa shape index (κ2) is 8.70. The quantitative estimate of drug-likeness (QED) is 0.506. The fraction of sp³-hybridized carbons (Fsp3) is 0.520. The van der Waals surface area contributed by atoms with Crippen LogP contribution in [-0.2, 0) is 16.0 Å². The van der Waals surface area contributed by atoms with E-state index in [2.05, 4.69) is 24.0 Å². The van der Waals surface area contributed by atoms with Gasteiger partial charge in [-0.3, -0.25) is 9.59 Å². The molecule has 5 atom stereocenters. The van der Waals surface area contributed by atoms with Crippen LogP contribution in [0.5, 0.6) is 0 Å². The van der Waals surface area contributed by atoms with Crippen molar-refractivity contribution in [2.24, 2.45) is 33.9 Å². The molecule has 0 bridgehead atoms. The number of fused-ring (bicyclic) bond motifs is 5. The van der Waals surface area contributed by atoms with Gasteiger partial charge in [-0.05, 0) is 91.2 Å². The molecule has 0 spiro atoms. The minimum Gasteiger partial charge on any atom is -0.384 e.